The van der Waals surface area contributed by atoms with Crippen LogP contribution in [0.2, 0.25) is 0 Å². The molecule has 184 valence electrons. The van der Waals surface area contributed by atoms with Crippen LogP contribution in [0.4, 0.5) is 11.4 Å². The van der Waals surface area contributed by atoms with Crippen LogP contribution in [-0.2, 0) is 14.8 Å². The van der Waals surface area contributed by atoms with E-state index in [0.29, 0.717) is 28.8 Å². The van der Waals surface area contributed by atoms with E-state index in [4.69, 9.17) is 4.74 Å². The molecule has 4 aromatic carbocycles. The zero-order chi connectivity index (χ0) is 25.5. The number of ether oxygens (including phenoxy) is 1. The van der Waals surface area contributed by atoms with Crippen LogP contribution in [0.3, 0.4) is 0 Å². The van der Waals surface area contributed by atoms with Crippen LogP contribution in [0.5, 0.6) is 11.5 Å². The predicted molar refractivity (Wildman–Crippen MR) is 143 cm³/mol. The number of nitrogens with zero attached hydrogens (tertiary/aromatic N) is 1. The lowest BCUT2D eigenvalue weighted by molar-refractivity contribution is -0.114. The Morgan fingerprint density at radius 2 is 1.33 bits per heavy atom. The van der Waals surface area contributed by atoms with E-state index in [-0.39, 0.29) is 11.4 Å². The summed E-state index contributed by atoms with van der Waals surface area (Å²) in [4.78, 5) is 13.1. The van der Waals surface area contributed by atoms with E-state index >= 15 is 0 Å². The highest BCUT2D eigenvalue weighted by Crippen LogP contribution is 2.27. The van der Waals surface area contributed by atoms with Crippen molar-refractivity contribution in [3.05, 3.63) is 115 Å². The van der Waals surface area contributed by atoms with Gasteiger partial charge in [-0.25, -0.2) is 8.42 Å². The molecule has 0 aliphatic carbocycles. The maximum absolute atomic E-state index is 13.5. The van der Waals surface area contributed by atoms with Crippen molar-refractivity contribution in [2.75, 3.05) is 16.2 Å². The summed E-state index contributed by atoms with van der Waals surface area (Å²) in [6.45, 7) is 3.76. The van der Waals surface area contributed by atoms with E-state index in [0.717, 1.165) is 9.87 Å². The summed E-state index contributed by atoms with van der Waals surface area (Å²) in [5.41, 5.74) is 2.04. The molecule has 0 saturated heterocycles. The highest BCUT2D eigenvalue weighted by molar-refractivity contribution is 7.92. The standard InChI is InChI=1S/C29H28N2O4S/c1-22(2)23-13-17-25(18-14-23)31(36(33,34)28-11-7-4-8-12-28)21-29(32)30-24-15-19-27(20-16-24)35-26-9-5-3-6-10-26/h3-20,22H,21H2,1-2H3,(H,30,32). The summed E-state index contributed by atoms with van der Waals surface area (Å²) >= 11 is 0. The van der Waals surface area contributed by atoms with Crippen molar-refractivity contribution in [1.29, 1.82) is 0 Å². The van der Waals surface area contributed by atoms with E-state index in [2.05, 4.69) is 19.2 Å². The predicted octanol–water partition coefficient (Wildman–Crippen LogP) is 6.44. The molecule has 0 unspecified atom stereocenters. The number of nitrogens with one attached hydrogen (secondary N) is 1. The van der Waals surface area contributed by atoms with Gasteiger partial charge < -0.3 is 10.1 Å². The van der Waals surface area contributed by atoms with Crippen LogP contribution >= 0.6 is 0 Å². The van der Waals surface area contributed by atoms with Crippen molar-refractivity contribution in [2.24, 2.45) is 0 Å². The Hall–Kier alpha value is -4.10. The Balaban J connectivity index is 1.53. The molecule has 0 spiro atoms. The van der Waals surface area contributed by atoms with Gasteiger partial charge in [0.25, 0.3) is 10.0 Å². The van der Waals surface area contributed by atoms with Crippen LogP contribution < -0.4 is 14.4 Å². The first-order valence-corrected chi connectivity index (χ1v) is 13.1. The molecule has 1 N–H and O–H groups in total. The zero-order valence-electron chi connectivity index (χ0n) is 20.2. The molecule has 0 radical (unpaired) electrons. The Labute approximate surface area is 212 Å². The number of hydrogen-bond donors (Lipinski definition) is 1. The molecule has 36 heavy (non-hydrogen) atoms. The average molecular weight is 501 g/mol. The smallest absolute Gasteiger partial charge is 0.264 e. The molecule has 0 heterocycles. The van der Waals surface area contributed by atoms with Gasteiger partial charge in [0.05, 0.1) is 10.6 Å². The van der Waals surface area contributed by atoms with E-state index in [9.17, 15) is 13.2 Å². The first-order valence-electron chi connectivity index (χ1n) is 11.6. The summed E-state index contributed by atoms with van der Waals surface area (Å²) in [5.74, 6) is 1.17. The third-order valence-corrected chi connectivity index (χ3v) is 7.37. The minimum absolute atomic E-state index is 0.119. The monoisotopic (exact) mass is 500 g/mol. The summed E-state index contributed by atoms with van der Waals surface area (Å²) in [6, 6.07) is 31.6. The van der Waals surface area contributed by atoms with Crippen molar-refractivity contribution in [3.8, 4) is 11.5 Å². The van der Waals surface area contributed by atoms with Crippen LogP contribution in [-0.4, -0.2) is 20.9 Å². The Bertz CT molecular complexity index is 1390. The molecular weight excluding hydrogens is 472 g/mol. The molecule has 0 saturated carbocycles. The molecular formula is C29H28N2O4S. The summed E-state index contributed by atoms with van der Waals surface area (Å²) in [6.07, 6.45) is 0. The average Bonchev–Trinajstić information content (AvgIpc) is 2.89. The Morgan fingerprint density at radius 3 is 1.92 bits per heavy atom. The number of rotatable bonds is 9. The fourth-order valence-corrected chi connectivity index (χ4v) is 5.06. The normalized spacial score (nSPS) is 11.2. The largest absolute Gasteiger partial charge is 0.457 e. The number of carbonyl (C=O) groups excluding carboxylic acids is 1. The molecule has 4 aromatic rings. The maximum atomic E-state index is 13.5. The topological polar surface area (TPSA) is 75.7 Å². The molecule has 4 rings (SSSR count). The lowest BCUT2D eigenvalue weighted by atomic mass is 10.0. The van der Waals surface area contributed by atoms with Gasteiger partial charge in [0.15, 0.2) is 0 Å². The van der Waals surface area contributed by atoms with Gasteiger partial charge in [-0.05, 0) is 72.1 Å². The summed E-state index contributed by atoms with van der Waals surface area (Å²) < 4.78 is 33.9. The van der Waals surface area contributed by atoms with Crippen molar-refractivity contribution >= 4 is 27.3 Å². The zero-order valence-corrected chi connectivity index (χ0v) is 21.0. The van der Waals surface area contributed by atoms with Gasteiger partial charge in [0, 0.05) is 5.69 Å². The molecule has 0 fully saturated rings. The fraction of sp³-hybridized carbons (Fsp3) is 0.138. The maximum Gasteiger partial charge on any atom is 0.264 e. The van der Waals surface area contributed by atoms with Crippen LogP contribution in [0.25, 0.3) is 0 Å². The number of carbonyl (C=O) groups is 1. The van der Waals surface area contributed by atoms with Crippen molar-refractivity contribution in [1.82, 2.24) is 0 Å². The van der Waals surface area contributed by atoms with Crippen molar-refractivity contribution < 1.29 is 17.9 Å². The molecule has 7 heteroatoms. The van der Waals surface area contributed by atoms with Crippen molar-refractivity contribution in [2.45, 2.75) is 24.7 Å². The van der Waals surface area contributed by atoms with E-state index in [1.807, 2.05) is 42.5 Å². The molecule has 0 bridgehead atoms. The second-order valence-electron chi connectivity index (χ2n) is 8.56. The van der Waals surface area contributed by atoms with Crippen LogP contribution in [0.15, 0.2) is 114 Å². The van der Waals surface area contributed by atoms with E-state index in [1.54, 1.807) is 54.6 Å². The van der Waals surface area contributed by atoms with Crippen LogP contribution in [0, 0.1) is 0 Å². The lowest BCUT2D eigenvalue weighted by Gasteiger charge is -2.24. The van der Waals surface area contributed by atoms with Gasteiger partial charge in [-0.15, -0.1) is 0 Å². The Kier molecular flexibility index (Phi) is 7.71. The SMILES string of the molecule is CC(C)c1ccc(N(CC(=O)Nc2ccc(Oc3ccccc3)cc2)S(=O)(=O)c2ccccc2)cc1. The van der Waals surface area contributed by atoms with Crippen molar-refractivity contribution in [3.63, 3.8) is 0 Å². The molecule has 0 atom stereocenters. The van der Waals surface area contributed by atoms with Gasteiger partial charge in [-0.2, -0.15) is 0 Å². The summed E-state index contributed by atoms with van der Waals surface area (Å²) in [5, 5.41) is 2.79. The molecule has 6 nitrogen and oxygen atoms in total. The number of anilines is 2. The number of para-hydroxylation sites is 1. The summed E-state index contributed by atoms with van der Waals surface area (Å²) in [7, 11) is -3.96. The van der Waals surface area contributed by atoms with Crippen LogP contribution in [0.1, 0.15) is 25.3 Å². The fourth-order valence-electron chi connectivity index (χ4n) is 3.62. The molecule has 0 aliphatic rings. The van der Waals surface area contributed by atoms with E-state index in [1.165, 1.54) is 12.1 Å². The van der Waals surface area contributed by atoms with Gasteiger partial charge in [-0.3, -0.25) is 9.10 Å². The number of hydrogen-bond acceptors (Lipinski definition) is 4. The minimum atomic E-state index is -3.96. The van der Waals surface area contributed by atoms with Gasteiger partial charge in [-0.1, -0.05) is 62.4 Å². The number of sulfonamides is 1. The third-order valence-electron chi connectivity index (χ3n) is 5.58. The van der Waals surface area contributed by atoms with Gasteiger partial charge >= 0.3 is 0 Å². The second kappa shape index (κ2) is 11.1. The highest BCUT2D eigenvalue weighted by Gasteiger charge is 2.27. The Morgan fingerprint density at radius 1 is 0.778 bits per heavy atom. The van der Waals surface area contributed by atoms with E-state index < -0.39 is 15.9 Å². The third kappa shape index (κ3) is 6.12. The molecule has 0 aromatic heterocycles. The number of amides is 1. The molecule has 1 amide bonds. The second-order valence-corrected chi connectivity index (χ2v) is 10.4. The van der Waals surface area contributed by atoms with Gasteiger partial charge in [0.2, 0.25) is 5.91 Å². The first-order chi connectivity index (χ1) is 17.3. The number of benzene rings is 4. The lowest BCUT2D eigenvalue weighted by Crippen LogP contribution is -2.38. The highest BCUT2D eigenvalue weighted by atomic mass is 32.2. The quantitative estimate of drug-likeness (QED) is 0.287. The first kappa shape index (κ1) is 25.0. The molecule has 0 aliphatic heterocycles. The van der Waals surface area contributed by atoms with Gasteiger partial charge in [0.1, 0.15) is 18.0 Å². The minimum Gasteiger partial charge on any atom is -0.457 e.